The second kappa shape index (κ2) is 6.34. The number of para-hydroxylation sites is 2. The van der Waals surface area contributed by atoms with Crippen LogP contribution in [-0.4, -0.2) is 22.0 Å². The summed E-state index contributed by atoms with van der Waals surface area (Å²) in [6.45, 7) is 2.75. The highest BCUT2D eigenvalue weighted by molar-refractivity contribution is 6.02. The van der Waals surface area contributed by atoms with Gasteiger partial charge in [-0.25, -0.2) is 4.98 Å². The van der Waals surface area contributed by atoms with Crippen molar-refractivity contribution >= 4 is 33.7 Å². The van der Waals surface area contributed by atoms with E-state index in [9.17, 15) is 9.59 Å². The van der Waals surface area contributed by atoms with E-state index in [0.29, 0.717) is 23.6 Å². The van der Waals surface area contributed by atoms with Gasteiger partial charge in [-0.3, -0.25) is 14.2 Å². The summed E-state index contributed by atoms with van der Waals surface area (Å²) in [7, 11) is 0. The maximum absolute atomic E-state index is 13.0. The van der Waals surface area contributed by atoms with Crippen molar-refractivity contribution in [3.8, 4) is 0 Å². The summed E-state index contributed by atoms with van der Waals surface area (Å²) in [5.74, 6) is 0.287. The Bertz CT molecular complexity index is 1270. The predicted molar refractivity (Wildman–Crippen MR) is 108 cm³/mol. The number of nitrogens with zero attached hydrogens (tertiary/aromatic N) is 3. The molecule has 1 aliphatic rings. The maximum Gasteiger partial charge on any atom is 0.297 e. The molecule has 0 fully saturated rings. The largest absolute Gasteiger partial charge is 0.448 e. The van der Waals surface area contributed by atoms with Crippen molar-refractivity contribution in [2.75, 3.05) is 11.4 Å². The third kappa shape index (κ3) is 2.52. The molecule has 0 bridgehead atoms. The molecule has 0 radical (unpaired) electrons. The topological polar surface area (TPSA) is 68.3 Å². The van der Waals surface area contributed by atoms with Gasteiger partial charge in [0, 0.05) is 17.6 Å². The fraction of sp³-hybridized carbons (Fsp3) is 0.227. The van der Waals surface area contributed by atoms with Gasteiger partial charge in [-0.1, -0.05) is 37.3 Å². The number of hydrogen-bond acceptors (Lipinski definition) is 4. The van der Waals surface area contributed by atoms with Crippen LogP contribution in [0.2, 0.25) is 0 Å². The van der Waals surface area contributed by atoms with Crippen LogP contribution in [0.4, 0.5) is 5.69 Å². The Morgan fingerprint density at radius 3 is 2.86 bits per heavy atom. The van der Waals surface area contributed by atoms with Crippen molar-refractivity contribution in [1.29, 1.82) is 0 Å². The third-order valence-corrected chi connectivity index (χ3v) is 5.50. The maximum atomic E-state index is 13.0. The van der Waals surface area contributed by atoms with Crippen molar-refractivity contribution in [3.63, 3.8) is 0 Å². The molecule has 0 N–H and O–H groups in total. The van der Waals surface area contributed by atoms with Gasteiger partial charge in [0.2, 0.25) is 11.5 Å². The molecule has 0 aliphatic carbocycles. The van der Waals surface area contributed by atoms with E-state index in [1.54, 1.807) is 11.0 Å². The average Bonchev–Trinajstić information content (AvgIpc) is 3.10. The van der Waals surface area contributed by atoms with E-state index in [1.165, 1.54) is 16.5 Å². The molecule has 6 nitrogen and oxygen atoms in total. The highest BCUT2D eigenvalue weighted by Gasteiger charge is 2.26. The number of carbonyl (C=O) groups excluding carboxylic acids is 1. The summed E-state index contributed by atoms with van der Waals surface area (Å²) in [6, 6.07) is 15.4. The lowest BCUT2D eigenvalue weighted by Gasteiger charge is -2.33. The van der Waals surface area contributed by atoms with Crippen LogP contribution in [0.15, 0.2) is 64.1 Å². The standard InChI is InChI=1S/C22H19N3O3/c1-14-10-11-25(17-8-4-2-6-15(14)17)19(26)12-24-13-23-20-16-7-3-5-9-18(16)28-21(20)22(24)27/h2-9,13-14H,10-12H2,1H3. The first-order chi connectivity index (χ1) is 13.6. The summed E-state index contributed by atoms with van der Waals surface area (Å²) in [6.07, 6.45) is 2.33. The van der Waals surface area contributed by atoms with Gasteiger partial charge >= 0.3 is 0 Å². The van der Waals surface area contributed by atoms with Gasteiger partial charge in [-0.2, -0.15) is 0 Å². The van der Waals surface area contributed by atoms with Crippen LogP contribution in [0.25, 0.3) is 22.1 Å². The number of amides is 1. The zero-order valence-corrected chi connectivity index (χ0v) is 15.5. The number of carbonyl (C=O) groups is 1. The van der Waals surface area contributed by atoms with E-state index in [2.05, 4.69) is 18.0 Å². The Balaban J connectivity index is 1.51. The molecule has 28 heavy (non-hydrogen) atoms. The monoisotopic (exact) mass is 373 g/mol. The van der Waals surface area contributed by atoms with Gasteiger partial charge in [-0.05, 0) is 36.1 Å². The van der Waals surface area contributed by atoms with Gasteiger partial charge in [0.15, 0.2) is 0 Å². The molecule has 1 atom stereocenters. The van der Waals surface area contributed by atoms with E-state index in [0.717, 1.165) is 17.5 Å². The zero-order valence-electron chi connectivity index (χ0n) is 15.5. The third-order valence-electron chi connectivity index (χ3n) is 5.50. The molecule has 2 aromatic heterocycles. The molecule has 4 aromatic rings. The fourth-order valence-corrected chi connectivity index (χ4v) is 3.97. The Hall–Kier alpha value is -3.41. The molecule has 1 aliphatic heterocycles. The normalized spacial score (nSPS) is 16.5. The average molecular weight is 373 g/mol. The zero-order chi connectivity index (χ0) is 19.3. The molecule has 1 amide bonds. The molecule has 2 aromatic carbocycles. The van der Waals surface area contributed by atoms with Crippen LogP contribution in [0.3, 0.4) is 0 Å². The Labute approximate surface area is 161 Å². The minimum Gasteiger partial charge on any atom is -0.448 e. The van der Waals surface area contributed by atoms with Crippen LogP contribution in [-0.2, 0) is 11.3 Å². The molecular weight excluding hydrogens is 354 g/mol. The number of aromatic nitrogens is 2. The van der Waals surface area contributed by atoms with E-state index in [-0.39, 0.29) is 23.6 Å². The quantitative estimate of drug-likeness (QED) is 0.537. The van der Waals surface area contributed by atoms with E-state index < -0.39 is 0 Å². The van der Waals surface area contributed by atoms with Crippen LogP contribution in [0, 0.1) is 0 Å². The van der Waals surface area contributed by atoms with Gasteiger partial charge in [-0.15, -0.1) is 0 Å². The number of furan rings is 1. The Kier molecular flexibility index (Phi) is 3.79. The number of fused-ring (bicyclic) bond motifs is 4. The van der Waals surface area contributed by atoms with Crippen LogP contribution < -0.4 is 10.5 Å². The summed E-state index contributed by atoms with van der Waals surface area (Å²) in [5, 5.41) is 0.798. The second-order valence-electron chi connectivity index (χ2n) is 7.25. The van der Waals surface area contributed by atoms with E-state index in [1.807, 2.05) is 36.4 Å². The van der Waals surface area contributed by atoms with Crippen LogP contribution >= 0.6 is 0 Å². The van der Waals surface area contributed by atoms with Crippen molar-refractivity contribution in [1.82, 2.24) is 9.55 Å². The molecule has 6 heteroatoms. The fourth-order valence-electron chi connectivity index (χ4n) is 3.97. The minimum atomic E-state index is -0.340. The Morgan fingerprint density at radius 1 is 1.18 bits per heavy atom. The highest BCUT2D eigenvalue weighted by atomic mass is 16.3. The predicted octanol–water partition coefficient (Wildman–Crippen LogP) is 3.68. The minimum absolute atomic E-state index is 0.0679. The molecule has 0 spiro atoms. The number of hydrogen-bond donors (Lipinski definition) is 0. The van der Waals surface area contributed by atoms with Crippen LogP contribution in [0.1, 0.15) is 24.8 Å². The van der Waals surface area contributed by atoms with E-state index >= 15 is 0 Å². The smallest absolute Gasteiger partial charge is 0.297 e. The first kappa shape index (κ1) is 16.7. The molecule has 5 rings (SSSR count). The summed E-state index contributed by atoms with van der Waals surface area (Å²) in [5.41, 5.74) is 3.08. The lowest BCUT2D eigenvalue weighted by molar-refractivity contribution is -0.119. The molecule has 140 valence electrons. The lowest BCUT2D eigenvalue weighted by Crippen LogP contribution is -2.40. The van der Waals surface area contributed by atoms with Crippen LogP contribution in [0.5, 0.6) is 0 Å². The Morgan fingerprint density at radius 2 is 1.96 bits per heavy atom. The van der Waals surface area contributed by atoms with Gasteiger partial charge in [0.25, 0.3) is 5.56 Å². The number of benzene rings is 2. The van der Waals surface area contributed by atoms with Crippen molar-refractivity contribution in [3.05, 3.63) is 70.8 Å². The van der Waals surface area contributed by atoms with Gasteiger partial charge in [0.1, 0.15) is 17.6 Å². The van der Waals surface area contributed by atoms with Crippen molar-refractivity contribution in [2.45, 2.75) is 25.8 Å². The summed E-state index contributed by atoms with van der Waals surface area (Å²) >= 11 is 0. The van der Waals surface area contributed by atoms with E-state index in [4.69, 9.17) is 4.42 Å². The number of anilines is 1. The first-order valence-corrected chi connectivity index (χ1v) is 9.39. The molecule has 0 saturated carbocycles. The summed E-state index contributed by atoms with van der Waals surface area (Å²) in [4.78, 5) is 32.0. The van der Waals surface area contributed by atoms with Gasteiger partial charge < -0.3 is 9.32 Å². The van der Waals surface area contributed by atoms with Crippen molar-refractivity contribution < 1.29 is 9.21 Å². The molecular formula is C22H19N3O3. The second-order valence-corrected chi connectivity index (χ2v) is 7.25. The molecule has 1 unspecified atom stereocenters. The summed E-state index contributed by atoms with van der Waals surface area (Å²) < 4.78 is 7.03. The molecule has 3 heterocycles. The van der Waals surface area contributed by atoms with Crippen molar-refractivity contribution in [2.24, 2.45) is 0 Å². The number of rotatable bonds is 2. The first-order valence-electron chi connectivity index (χ1n) is 9.39. The highest BCUT2D eigenvalue weighted by Crippen LogP contribution is 2.34. The van der Waals surface area contributed by atoms with Gasteiger partial charge in [0.05, 0.1) is 6.33 Å². The lowest BCUT2D eigenvalue weighted by atomic mass is 9.91. The SMILES string of the molecule is CC1CCN(C(=O)Cn2cnc3c(oc4ccccc43)c2=O)c2ccccc21. The molecule has 0 saturated heterocycles.